The van der Waals surface area contributed by atoms with Crippen molar-refractivity contribution in [2.45, 2.75) is 12.6 Å². The van der Waals surface area contributed by atoms with Gasteiger partial charge in [0, 0.05) is 19.6 Å². The number of rotatable bonds is 3. The van der Waals surface area contributed by atoms with Crippen LogP contribution in [-0.2, 0) is 11.3 Å². The molecule has 1 aromatic carbocycles. The fourth-order valence-electron chi connectivity index (χ4n) is 1.73. The van der Waals surface area contributed by atoms with Crippen LogP contribution in [0.4, 0.5) is 5.69 Å². The summed E-state index contributed by atoms with van der Waals surface area (Å²) in [6, 6.07) is 7.73. The van der Waals surface area contributed by atoms with Gasteiger partial charge >= 0.3 is 0 Å². The molecule has 2 rings (SSSR count). The molecule has 1 heterocycles. The number of aliphatic imine (C=N–C) groups is 1. The fourth-order valence-corrected chi connectivity index (χ4v) is 1.73. The lowest BCUT2D eigenvalue weighted by atomic mass is 10.2. The van der Waals surface area contributed by atoms with E-state index in [4.69, 9.17) is 16.2 Å². The highest BCUT2D eigenvalue weighted by atomic mass is 16.5. The van der Waals surface area contributed by atoms with Crippen molar-refractivity contribution in [2.75, 3.05) is 19.7 Å². The van der Waals surface area contributed by atoms with Crippen LogP contribution in [0.3, 0.4) is 0 Å². The Morgan fingerprint density at radius 3 is 3.12 bits per heavy atom. The van der Waals surface area contributed by atoms with Crippen molar-refractivity contribution in [3.8, 4) is 0 Å². The maximum atomic E-state index is 5.93. The summed E-state index contributed by atoms with van der Waals surface area (Å²) in [5.74, 6) is 0.506. The summed E-state index contributed by atoms with van der Waals surface area (Å²) in [6.45, 7) is 2.76. The van der Waals surface area contributed by atoms with Gasteiger partial charge in [-0.15, -0.1) is 0 Å². The Labute approximate surface area is 101 Å². The predicted octanol–water partition coefficient (Wildman–Crippen LogP) is 0.122. The lowest BCUT2D eigenvalue weighted by Crippen LogP contribution is -2.45. The number of nitrogens with one attached hydrogen (secondary N) is 1. The average Bonchev–Trinajstić information content (AvgIpc) is 2.40. The summed E-state index contributed by atoms with van der Waals surface area (Å²) in [7, 11) is 0. The van der Waals surface area contributed by atoms with Crippen LogP contribution in [0.25, 0.3) is 0 Å². The highest BCUT2D eigenvalue weighted by molar-refractivity contribution is 5.87. The van der Waals surface area contributed by atoms with Crippen molar-refractivity contribution >= 4 is 11.5 Å². The van der Waals surface area contributed by atoms with Crippen LogP contribution >= 0.6 is 0 Å². The monoisotopic (exact) mass is 234 g/mol. The third-order valence-corrected chi connectivity index (χ3v) is 2.66. The minimum absolute atomic E-state index is 0.134. The van der Waals surface area contributed by atoms with E-state index in [0.717, 1.165) is 17.8 Å². The number of hydrogen-bond donors (Lipinski definition) is 3. The first-order valence-electron chi connectivity index (χ1n) is 5.75. The van der Waals surface area contributed by atoms with Gasteiger partial charge in [0.2, 0.25) is 0 Å². The van der Waals surface area contributed by atoms with Gasteiger partial charge in [-0.3, -0.25) is 0 Å². The van der Waals surface area contributed by atoms with E-state index in [9.17, 15) is 0 Å². The van der Waals surface area contributed by atoms with Crippen LogP contribution in [0.1, 0.15) is 5.56 Å². The van der Waals surface area contributed by atoms with Crippen LogP contribution in [0.15, 0.2) is 29.3 Å². The standard InChI is InChI=1S/C12H18N4O/c13-7-9-2-1-3-10(6-9)16-12(14)11-8-15-4-5-17-11/h1-3,6,11,15H,4-5,7-8,13H2,(H2,14,16). The molecule has 5 heteroatoms. The lowest BCUT2D eigenvalue weighted by Gasteiger charge is -2.22. The Hall–Kier alpha value is -1.43. The molecule has 1 fully saturated rings. The molecule has 0 radical (unpaired) electrons. The second-order valence-corrected chi connectivity index (χ2v) is 3.97. The first kappa shape index (κ1) is 12.0. The van der Waals surface area contributed by atoms with Crippen molar-refractivity contribution in [2.24, 2.45) is 16.5 Å². The summed E-state index contributed by atoms with van der Waals surface area (Å²) < 4.78 is 5.53. The molecule has 0 aliphatic carbocycles. The number of hydrogen-bond acceptors (Lipinski definition) is 4. The molecule has 1 unspecified atom stereocenters. The Bertz CT molecular complexity index is 399. The Balaban J connectivity index is 2.10. The molecular weight excluding hydrogens is 216 g/mol. The first-order chi connectivity index (χ1) is 8.29. The molecule has 1 saturated heterocycles. The number of amidine groups is 1. The quantitative estimate of drug-likeness (QED) is 0.512. The number of nitrogens with zero attached hydrogens (tertiary/aromatic N) is 1. The predicted molar refractivity (Wildman–Crippen MR) is 68.2 cm³/mol. The van der Waals surface area contributed by atoms with Crippen LogP contribution in [0.2, 0.25) is 0 Å². The van der Waals surface area contributed by atoms with Crippen molar-refractivity contribution in [1.82, 2.24) is 5.32 Å². The molecule has 0 aromatic heterocycles. The van der Waals surface area contributed by atoms with E-state index >= 15 is 0 Å². The molecule has 0 bridgehead atoms. The second kappa shape index (κ2) is 5.77. The Morgan fingerprint density at radius 2 is 2.41 bits per heavy atom. The summed E-state index contributed by atoms with van der Waals surface area (Å²) in [5, 5.41) is 3.22. The van der Waals surface area contributed by atoms with E-state index in [1.54, 1.807) is 0 Å². The summed E-state index contributed by atoms with van der Waals surface area (Å²) >= 11 is 0. The highest BCUT2D eigenvalue weighted by Crippen LogP contribution is 2.14. The van der Waals surface area contributed by atoms with Crippen molar-refractivity contribution in [1.29, 1.82) is 0 Å². The molecule has 0 amide bonds. The third kappa shape index (κ3) is 3.26. The fraction of sp³-hybridized carbons (Fsp3) is 0.417. The van der Waals surface area contributed by atoms with E-state index in [-0.39, 0.29) is 6.10 Å². The van der Waals surface area contributed by atoms with Crippen LogP contribution in [0, 0.1) is 0 Å². The summed E-state index contributed by atoms with van der Waals surface area (Å²) in [6.07, 6.45) is -0.134. The van der Waals surface area contributed by atoms with Gasteiger partial charge in [0.05, 0.1) is 12.3 Å². The van der Waals surface area contributed by atoms with Gasteiger partial charge in [-0.1, -0.05) is 12.1 Å². The summed E-state index contributed by atoms with van der Waals surface area (Å²) in [5.41, 5.74) is 13.4. The first-order valence-corrected chi connectivity index (χ1v) is 5.75. The van der Waals surface area contributed by atoms with Crippen LogP contribution < -0.4 is 16.8 Å². The van der Waals surface area contributed by atoms with Crippen LogP contribution in [-0.4, -0.2) is 31.6 Å². The normalized spacial score (nSPS) is 21.5. The van der Waals surface area contributed by atoms with Gasteiger partial charge < -0.3 is 21.5 Å². The maximum absolute atomic E-state index is 5.93. The zero-order valence-corrected chi connectivity index (χ0v) is 9.73. The zero-order valence-electron chi connectivity index (χ0n) is 9.73. The molecule has 1 atom stereocenters. The molecule has 17 heavy (non-hydrogen) atoms. The zero-order chi connectivity index (χ0) is 12.1. The molecule has 1 aromatic rings. The van der Waals surface area contributed by atoms with E-state index in [1.165, 1.54) is 0 Å². The van der Waals surface area contributed by atoms with Crippen molar-refractivity contribution in [3.05, 3.63) is 29.8 Å². The van der Waals surface area contributed by atoms with Gasteiger partial charge in [0.15, 0.2) is 0 Å². The highest BCUT2D eigenvalue weighted by Gasteiger charge is 2.17. The van der Waals surface area contributed by atoms with E-state index in [0.29, 0.717) is 25.5 Å². The maximum Gasteiger partial charge on any atom is 0.130 e. The number of ether oxygens (including phenoxy) is 1. The summed E-state index contributed by atoms with van der Waals surface area (Å²) in [4.78, 5) is 4.37. The Morgan fingerprint density at radius 1 is 1.53 bits per heavy atom. The molecule has 0 saturated carbocycles. The number of morpholine rings is 1. The molecule has 0 spiro atoms. The average molecular weight is 234 g/mol. The number of nitrogens with two attached hydrogens (primary N) is 2. The molecule has 5 nitrogen and oxygen atoms in total. The topological polar surface area (TPSA) is 85.7 Å². The van der Waals surface area contributed by atoms with Gasteiger partial charge in [0.25, 0.3) is 0 Å². The Kier molecular flexibility index (Phi) is 4.08. The van der Waals surface area contributed by atoms with Gasteiger partial charge in [-0.25, -0.2) is 4.99 Å². The van der Waals surface area contributed by atoms with Crippen molar-refractivity contribution in [3.63, 3.8) is 0 Å². The largest absolute Gasteiger partial charge is 0.385 e. The van der Waals surface area contributed by atoms with E-state index in [2.05, 4.69) is 10.3 Å². The molecule has 92 valence electrons. The molecule has 5 N–H and O–H groups in total. The van der Waals surface area contributed by atoms with Crippen LogP contribution in [0.5, 0.6) is 0 Å². The van der Waals surface area contributed by atoms with E-state index < -0.39 is 0 Å². The minimum Gasteiger partial charge on any atom is -0.385 e. The molecule has 1 aliphatic rings. The third-order valence-electron chi connectivity index (χ3n) is 2.66. The number of benzene rings is 1. The molecular formula is C12H18N4O. The van der Waals surface area contributed by atoms with Gasteiger partial charge in [0.1, 0.15) is 11.9 Å². The smallest absolute Gasteiger partial charge is 0.130 e. The van der Waals surface area contributed by atoms with Gasteiger partial charge in [-0.05, 0) is 17.7 Å². The lowest BCUT2D eigenvalue weighted by molar-refractivity contribution is 0.0704. The van der Waals surface area contributed by atoms with Crippen molar-refractivity contribution < 1.29 is 4.74 Å². The molecule has 1 aliphatic heterocycles. The minimum atomic E-state index is -0.134. The SMILES string of the molecule is NCc1cccc(N=C(N)C2CNCCO2)c1. The van der Waals surface area contributed by atoms with E-state index in [1.807, 2.05) is 24.3 Å². The second-order valence-electron chi connectivity index (χ2n) is 3.97. The van der Waals surface area contributed by atoms with Gasteiger partial charge in [-0.2, -0.15) is 0 Å².